The number of para-hydroxylation sites is 4. The molecule has 0 atom stereocenters. The quantitative estimate of drug-likeness (QED) is 0.112. The van der Waals surface area contributed by atoms with Crippen molar-refractivity contribution in [1.82, 2.24) is 18.7 Å². The molecule has 18 rings (SSSR count). The van der Waals surface area contributed by atoms with Crippen LogP contribution in [0.3, 0.4) is 0 Å². The summed E-state index contributed by atoms with van der Waals surface area (Å²) in [6.45, 7) is 15.8. The summed E-state index contributed by atoms with van der Waals surface area (Å²) in [5, 5.41) is 4.05. The van der Waals surface area contributed by atoms with Gasteiger partial charge < -0.3 is 18.4 Å². The van der Waals surface area contributed by atoms with Gasteiger partial charge >= 0.3 is 0 Å². The zero-order valence-corrected chi connectivity index (χ0v) is 56.5. The van der Waals surface area contributed by atoms with E-state index in [-0.39, 0.29) is 48.4 Å². The summed E-state index contributed by atoms with van der Waals surface area (Å²) in [4.78, 5) is 4.92. The van der Waals surface area contributed by atoms with Crippen LogP contribution < -0.4 is 9.30 Å². The molecule has 0 bridgehead atoms. The number of hydrogen-bond donors (Lipinski definition) is 0. The van der Waals surface area contributed by atoms with E-state index in [0.717, 1.165) is 107 Å². The van der Waals surface area contributed by atoms with E-state index in [1.165, 1.54) is 11.1 Å². The zero-order valence-electron chi connectivity index (χ0n) is 67.3. The predicted molar refractivity (Wildman–Crippen MR) is 394 cm³/mol. The molecule has 5 heterocycles. The topological polar surface area (TPSA) is 40.8 Å². The first-order chi connectivity index (χ1) is 52.1. The molecule has 472 valence electrons. The van der Waals surface area contributed by atoms with E-state index >= 15 is 0 Å². The van der Waals surface area contributed by atoms with Gasteiger partial charge in [-0.1, -0.05) is 218 Å². The van der Waals surface area contributed by atoms with E-state index in [9.17, 15) is 9.60 Å². The molecule has 0 fully saturated rings. The van der Waals surface area contributed by atoms with Crippen molar-refractivity contribution in [3.63, 3.8) is 0 Å². The molecule has 0 N–H and O–H groups in total. The van der Waals surface area contributed by atoms with Crippen LogP contribution in [0.25, 0.3) is 144 Å². The van der Waals surface area contributed by atoms with Crippen LogP contribution in [0.5, 0.6) is 11.5 Å². The van der Waals surface area contributed by atoms with Crippen molar-refractivity contribution in [2.24, 2.45) is 0 Å². The summed E-state index contributed by atoms with van der Waals surface area (Å²) >= 11 is 0. The average Bonchev–Trinajstić information content (AvgIpc) is 1.40. The predicted octanol–water partition coefficient (Wildman–Crippen LogP) is 22.6. The Kier molecular flexibility index (Phi) is 11.1. The third kappa shape index (κ3) is 9.85. The van der Waals surface area contributed by atoms with E-state index in [2.05, 4.69) is 178 Å². The second-order valence-electron chi connectivity index (χ2n) is 27.6. The first kappa shape index (κ1) is 47.3. The van der Waals surface area contributed by atoms with Crippen LogP contribution in [0, 0.1) is 18.5 Å². The summed E-state index contributed by atoms with van der Waals surface area (Å²) in [5.41, 5.74) is 12.3. The monoisotopic (exact) mass is 1440 g/mol. The Balaban J connectivity index is 0.00000882. The molecule has 0 radical (unpaired) electrons. The molecule has 0 amide bonds. The molecule has 1 aliphatic carbocycles. The van der Waals surface area contributed by atoms with Crippen LogP contribution in [0.2, 0.25) is 0 Å². The Morgan fingerprint density at radius 3 is 1.64 bits per heavy atom. The molecule has 97 heavy (non-hydrogen) atoms. The second kappa shape index (κ2) is 22.8. The number of ether oxygens (including phenoxy) is 1. The fourth-order valence-electron chi connectivity index (χ4n) is 14.8. The summed E-state index contributed by atoms with van der Waals surface area (Å²) in [7, 11) is 0. The summed E-state index contributed by atoms with van der Waals surface area (Å²) in [6, 6.07) is 59.5. The Bertz CT molecular complexity index is 6490. The summed E-state index contributed by atoms with van der Waals surface area (Å²) in [6.07, 6.45) is 7.68. The van der Waals surface area contributed by atoms with Gasteiger partial charge in [-0.15, -0.1) is 29.7 Å². The smallest absolute Gasteiger partial charge is 0.268 e. The van der Waals surface area contributed by atoms with Gasteiger partial charge in [0.25, 0.3) is 6.33 Å². The Morgan fingerprint density at radius 1 is 0.474 bits per heavy atom. The van der Waals surface area contributed by atoms with Crippen molar-refractivity contribution in [1.29, 1.82) is 0 Å². The van der Waals surface area contributed by atoms with Gasteiger partial charge in [-0.3, -0.25) is 4.57 Å². The van der Waals surface area contributed by atoms with Crippen LogP contribution in [-0.4, -0.2) is 18.7 Å². The van der Waals surface area contributed by atoms with Gasteiger partial charge in [-0.2, -0.15) is 18.2 Å². The standard InChI is InChI=1S/C90H69N5O.Pt/c1-88(2,3)63-42-45-91-85(51-63)95-81-38-21-18-34-71(81)72-41-40-66(53-83(72)95)96-65-29-22-28-64(52-65)92-56-93-86-73(35-23-39-82(86)94-79-36-19-16-32-69(79)70-33-17-20-37-80(70)94)75-55-78-77(89(4,5)43-44-90(78,6)7)54-74(75)67-30-14-15-31-68(67)76-49-62(50-84(92)87(76)93)61-47-59(57-24-10-8-11-25-57)46-60(48-61)58-26-12-9-13-27-58;/h8-42,45-51,54-55H,43-44H2,1-7H3;/q-2;/i8D,9D,10D,11D,12D,13D,24D,25D,26D,27D,46D,47D,48D;. The minimum Gasteiger partial charge on any atom is -0.510 e. The van der Waals surface area contributed by atoms with Gasteiger partial charge in [0, 0.05) is 55.1 Å². The molecule has 0 unspecified atom stereocenters. The molecule has 7 heteroatoms. The van der Waals surface area contributed by atoms with Crippen LogP contribution >= 0.6 is 0 Å². The molecular weight excluding hydrogens is 1360 g/mol. The molecular formula is C90H69N5OPt-2. The molecule has 0 saturated carbocycles. The van der Waals surface area contributed by atoms with Gasteiger partial charge in [-0.05, 0) is 190 Å². The van der Waals surface area contributed by atoms with Crippen LogP contribution in [0.15, 0.2) is 267 Å². The first-order valence-corrected chi connectivity index (χ1v) is 32.5. The maximum absolute atomic E-state index is 10.6. The third-order valence-corrected chi connectivity index (χ3v) is 19.8. The number of nitrogens with zero attached hydrogens (tertiary/aromatic N) is 5. The number of imidazole rings is 1. The van der Waals surface area contributed by atoms with Crippen molar-refractivity contribution in [2.45, 2.75) is 77.6 Å². The fourth-order valence-corrected chi connectivity index (χ4v) is 14.8. The second-order valence-corrected chi connectivity index (χ2v) is 27.6. The van der Waals surface area contributed by atoms with Crippen LogP contribution in [0.1, 0.15) is 95.8 Å². The van der Waals surface area contributed by atoms with Crippen molar-refractivity contribution in [3.8, 4) is 101 Å². The molecule has 6 nitrogen and oxygen atoms in total. The first-order valence-electron chi connectivity index (χ1n) is 39.0. The Labute approximate surface area is 598 Å². The van der Waals surface area contributed by atoms with Gasteiger partial charge in [-0.25, -0.2) is 4.98 Å². The minimum absolute atomic E-state index is 0. The molecule has 1 aliphatic heterocycles. The van der Waals surface area contributed by atoms with E-state index < -0.39 is 101 Å². The molecule has 0 saturated heterocycles. The summed E-state index contributed by atoms with van der Waals surface area (Å²) < 4.78 is 137. The minimum atomic E-state index is -0.753. The molecule has 0 spiro atoms. The van der Waals surface area contributed by atoms with Gasteiger partial charge in [0.05, 0.1) is 51.3 Å². The fraction of sp³-hybridized carbons (Fsp3) is 0.133. The number of benzene rings is 12. The van der Waals surface area contributed by atoms with Crippen molar-refractivity contribution in [3.05, 3.63) is 302 Å². The largest absolute Gasteiger partial charge is 0.510 e. The van der Waals surface area contributed by atoms with Crippen molar-refractivity contribution in [2.75, 3.05) is 0 Å². The van der Waals surface area contributed by atoms with E-state index in [1.807, 2.05) is 89.6 Å². The van der Waals surface area contributed by atoms with E-state index in [1.54, 1.807) is 6.07 Å². The SMILES string of the molecule is [2H]c1c([2H])c([2H])c(-c2c([2H])c(-c3cc4c5c(c3)n(-c3[c-]c(Oc6[c-]c7c(cc6)c6ccccc6n7-c6cc(C(C)(C)C)ccn6)ccc3)[c-][n+]5-c3c(cccc3-n3c5ccccc5c5ccccc53)-c3cc5c(cc3-c3ccccc3-4)C(C)(C)CCC5(C)C)c([2H])c(-c3c([2H])c([2H])c([2H])c([2H])c3[2H])c2[2H])c([2H])c1[2H].[Pt]. The third-order valence-electron chi connectivity index (χ3n) is 19.8. The number of pyridine rings is 1. The van der Waals surface area contributed by atoms with E-state index in [4.69, 9.17) is 17.9 Å². The molecule has 16 aromatic rings. The Morgan fingerprint density at radius 2 is 1.01 bits per heavy atom. The van der Waals surface area contributed by atoms with Gasteiger partial charge in [0.2, 0.25) is 0 Å². The van der Waals surface area contributed by atoms with Gasteiger partial charge in [0.15, 0.2) is 0 Å². The maximum Gasteiger partial charge on any atom is 0.268 e. The Hall–Kier alpha value is -10.7. The normalized spacial score (nSPS) is 15.6. The van der Waals surface area contributed by atoms with Crippen molar-refractivity contribution >= 4 is 54.6 Å². The number of hydrogen-bond acceptors (Lipinski definition) is 2. The molecule has 12 aromatic carbocycles. The maximum atomic E-state index is 10.6. The zero-order chi connectivity index (χ0) is 76.1. The van der Waals surface area contributed by atoms with Crippen LogP contribution in [-0.2, 0) is 37.3 Å². The van der Waals surface area contributed by atoms with Crippen LogP contribution in [0.4, 0.5) is 0 Å². The summed E-state index contributed by atoms with van der Waals surface area (Å²) in [5.74, 6) is 1.43. The molecule has 4 aromatic heterocycles. The number of fused-ring (bicyclic) bond motifs is 14. The molecule has 2 aliphatic rings. The van der Waals surface area contributed by atoms with Crippen molar-refractivity contribution < 1.29 is 48.2 Å². The number of rotatable bonds is 8. The average molecular weight is 1440 g/mol. The van der Waals surface area contributed by atoms with Gasteiger partial charge in [0.1, 0.15) is 5.82 Å². The van der Waals surface area contributed by atoms with E-state index in [0.29, 0.717) is 33.8 Å². The number of aromatic nitrogens is 5.